The molecule has 3 aromatic carbocycles. The number of amides is 1. The SMILES string of the molecule is O=C(N/N=C\c1ccc(-c2ccc(Cl)cc2Cl)o1)C(O)(c1ccccc1)c1ccccc1. The Kier molecular flexibility index (Phi) is 6.42. The molecule has 1 heterocycles. The van der Waals surface area contributed by atoms with Gasteiger partial charge in [0.15, 0.2) is 5.60 Å². The highest BCUT2D eigenvalue weighted by molar-refractivity contribution is 6.36. The number of carbonyl (C=O) groups is 1. The maximum atomic E-state index is 13.0. The van der Waals surface area contributed by atoms with Crippen molar-refractivity contribution in [2.45, 2.75) is 5.60 Å². The van der Waals surface area contributed by atoms with Crippen LogP contribution in [0, 0.1) is 0 Å². The summed E-state index contributed by atoms with van der Waals surface area (Å²) in [5.74, 6) is 0.234. The molecule has 4 rings (SSSR count). The van der Waals surface area contributed by atoms with Gasteiger partial charge in [0.25, 0.3) is 5.91 Å². The molecule has 7 heteroatoms. The number of aliphatic hydroxyl groups is 1. The third kappa shape index (κ3) is 4.46. The van der Waals surface area contributed by atoms with Gasteiger partial charge in [0.05, 0.1) is 11.2 Å². The van der Waals surface area contributed by atoms with Gasteiger partial charge in [-0.05, 0) is 41.5 Å². The number of benzene rings is 3. The quantitative estimate of drug-likeness (QED) is 0.286. The van der Waals surface area contributed by atoms with E-state index < -0.39 is 11.5 Å². The van der Waals surface area contributed by atoms with Gasteiger partial charge in [-0.15, -0.1) is 0 Å². The molecule has 0 saturated heterocycles. The van der Waals surface area contributed by atoms with Crippen LogP contribution in [0.15, 0.2) is 101 Å². The number of nitrogens with zero attached hydrogens (tertiary/aromatic N) is 1. The summed E-state index contributed by atoms with van der Waals surface area (Å²) in [6, 6.07) is 25.9. The molecule has 0 aliphatic heterocycles. The van der Waals surface area contributed by atoms with Crippen molar-refractivity contribution in [1.29, 1.82) is 0 Å². The predicted molar refractivity (Wildman–Crippen MR) is 126 cm³/mol. The fourth-order valence-electron chi connectivity index (χ4n) is 3.28. The predicted octanol–water partition coefficient (Wildman–Crippen LogP) is 5.64. The monoisotopic (exact) mass is 464 g/mol. The molecule has 0 atom stereocenters. The fourth-order valence-corrected chi connectivity index (χ4v) is 3.78. The number of carbonyl (C=O) groups excluding carboxylic acids is 1. The topological polar surface area (TPSA) is 74.8 Å². The first kappa shape index (κ1) is 21.8. The Hall–Kier alpha value is -3.38. The molecule has 32 heavy (non-hydrogen) atoms. The van der Waals surface area contributed by atoms with E-state index in [4.69, 9.17) is 27.6 Å². The molecule has 2 N–H and O–H groups in total. The summed E-state index contributed by atoms with van der Waals surface area (Å²) in [5, 5.41) is 16.3. The smallest absolute Gasteiger partial charge is 0.281 e. The van der Waals surface area contributed by atoms with Gasteiger partial charge in [-0.3, -0.25) is 4.79 Å². The van der Waals surface area contributed by atoms with E-state index in [1.165, 1.54) is 6.21 Å². The van der Waals surface area contributed by atoms with Crippen LogP contribution in [0.3, 0.4) is 0 Å². The molecule has 1 amide bonds. The van der Waals surface area contributed by atoms with E-state index in [2.05, 4.69) is 10.5 Å². The van der Waals surface area contributed by atoms with Crippen molar-refractivity contribution in [3.63, 3.8) is 0 Å². The molecule has 0 radical (unpaired) electrons. The summed E-state index contributed by atoms with van der Waals surface area (Å²) in [6.45, 7) is 0. The first-order valence-electron chi connectivity index (χ1n) is 9.70. The van der Waals surface area contributed by atoms with Gasteiger partial charge in [0, 0.05) is 10.6 Å². The summed E-state index contributed by atoms with van der Waals surface area (Å²) in [6.07, 6.45) is 1.35. The van der Waals surface area contributed by atoms with E-state index in [-0.39, 0.29) is 0 Å². The summed E-state index contributed by atoms with van der Waals surface area (Å²) in [5.41, 5.74) is 2.04. The minimum atomic E-state index is -1.91. The first-order valence-corrected chi connectivity index (χ1v) is 10.5. The van der Waals surface area contributed by atoms with Crippen molar-refractivity contribution in [2.75, 3.05) is 0 Å². The number of rotatable bonds is 6. The van der Waals surface area contributed by atoms with E-state index in [0.29, 0.717) is 38.3 Å². The Morgan fingerprint density at radius 1 is 0.906 bits per heavy atom. The van der Waals surface area contributed by atoms with Crippen molar-refractivity contribution < 1.29 is 14.3 Å². The number of hydrogen-bond acceptors (Lipinski definition) is 4. The second-order valence-corrected chi connectivity index (χ2v) is 7.81. The zero-order valence-corrected chi connectivity index (χ0v) is 18.2. The Bertz CT molecular complexity index is 1220. The summed E-state index contributed by atoms with van der Waals surface area (Å²) in [4.78, 5) is 13.0. The third-order valence-corrected chi connectivity index (χ3v) is 5.44. The highest BCUT2D eigenvalue weighted by atomic mass is 35.5. The molecule has 160 valence electrons. The van der Waals surface area contributed by atoms with E-state index in [1.54, 1.807) is 78.9 Å². The Morgan fingerprint density at radius 2 is 1.53 bits per heavy atom. The van der Waals surface area contributed by atoms with Crippen molar-refractivity contribution >= 4 is 35.3 Å². The average molecular weight is 465 g/mol. The van der Waals surface area contributed by atoms with Crippen molar-refractivity contribution in [3.05, 3.63) is 118 Å². The first-order chi connectivity index (χ1) is 15.5. The van der Waals surface area contributed by atoms with Gasteiger partial charge in [0.1, 0.15) is 11.5 Å². The fraction of sp³-hybridized carbons (Fsp3) is 0.0400. The number of halogens is 2. The lowest BCUT2D eigenvalue weighted by atomic mass is 9.85. The van der Waals surface area contributed by atoms with Crippen LogP contribution in [-0.2, 0) is 10.4 Å². The number of furan rings is 1. The lowest BCUT2D eigenvalue weighted by Gasteiger charge is -2.26. The van der Waals surface area contributed by atoms with Gasteiger partial charge in [-0.25, -0.2) is 5.43 Å². The Labute approximate surface area is 194 Å². The maximum absolute atomic E-state index is 13.0. The maximum Gasteiger partial charge on any atom is 0.281 e. The lowest BCUT2D eigenvalue weighted by molar-refractivity contribution is -0.136. The van der Waals surface area contributed by atoms with Crippen molar-refractivity contribution in [2.24, 2.45) is 5.10 Å². The minimum absolute atomic E-state index is 0.397. The molecule has 4 aromatic rings. The number of hydrogen-bond donors (Lipinski definition) is 2. The van der Waals surface area contributed by atoms with Crippen LogP contribution in [0.4, 0.5) is 0 Å². The van der Waals surface area contributed by atoms with Crippen LogP contribution in [0.2, 0.25) is 10.0 Å². The second kappa shape index (κ2) is 9.40. The Balaban J connectivity index is 1.55. The Morgan fingerprint density at radius 3 is 2.12 bits per heavy atom. The zero-order valence-electron chi connectivity index (χ0n) is 16.7. The normalized spacial score (nSPS) is 11.6. The van der Waals surface area contributed by atoms with Crippen molar-refractivity contribution in [3.8, 4) is 11.3 Å². The van der Waals surface area contributed by atoms with Gasteiger partial charge >= 0.3 is 0 Å². The summed E-state index contributed by atoms with van der Waals surface area (Å²) < 4.78 is 5.74. The van der Waals surface area contributed by atoms with Crippen LogP contribution in [0.5, 0.6) is 0 Å². The molecule has 0 fully saturated rings. The molecule has 1 aromatic heterocycles. The van der Waals surface area contributed by atoms with E-state index >= 15 is 0 Å². The molecular formula is C25H18Cl2N2O3. The van der Waals surface area contributed by atoms with E-state index in [0.717, 1.165) is 0 Å². The van der Waals surface area contributed by atoms with Gasteiger partial charge in [0.2, 0.25) is 0 Å². The van der Waals surface area contributed by atoms with Crippen LogP contribution in [0.25, 0.3) is 11.3 Å². The number of hydrazone groups is 1. The van der Waals surface area contributed by atoms with Crippen LogP contribution in [-0.4, -0.2) is 17.2 Å². The lowest BCUT2D eigenvalue weighted by Crippen LogP contribution is -2.43. The molecule has 0 aliphatic rings. The van der Waals surface area contributed by atoms with E-state index in [9.17, 15) is 9.90 Å². The second-order valence-electron chi connectivity index (χ2n) is 6.97. The summed E-state index contributed by atoms with van der Waals surface area (Å²) >= 11 is 12.2. The largest absolute Gasteiger partial charge is 0.455 e. The van der Waals surface area contributed by atoms with Gasteiger partial charge in [-0.2, -0.15) is 5.10 Å². The standard InChI is InChI=1S/C25H18Cl2N2O3/c26-19-11-13-21(22(27)15-19)23-14-12-20(32-23)16-28-29-24(30)25(31,17-7-3-1-4-8-17)18-9-5-2-6-10-18/h1-16,31H,(H,29,30)/b28-16-. The van der Waals surface area contributed by atoms with Crippen molar-refractivity contribution in [1.82, 2.24) is 5.43 Å². The molecular weight excluding hydrogens is 447 g/mol. The third-order valence-electron chi connectivity index (χ3n) is 4.89. The van der Waals surface area contributed by atoms with Crippen LogP contribution < -0.4 is 5.43 Å². The zero-order chi connectivity index (χ0) is 22.6. The van der Waals surface area contributed by atoms with E-state index in [1.807, 2.05) is 12.1 Å². The highest BCUT2D eigenvalue weighted by Crippen LogP contribution is 2.32. The highest BCUT2D eigenvalue weighted by Gasteiger charge is 2.39. The van der Waals surface area contributed by atoms with Gasteiger partial charge in [-0.1, -0.05) is 83.9 Å². The summed E-state index contributed by atoms with van der Waals surface area (Å²) in [7, 11) is 0. The molecule has 0 spiro atoms. The average Bonchev–Trinajstić information content (AvgIpc) is 3.28. The molecule has 0 aliphatic carbocycles. The molecule has 0 bridgehead atoms. The van der Waals surface area contributed by atoms with Crippen LogP contribution in [0.1, 0.15) is 16.9 Å². The molecule has 0 unspecified atom stereocenters. The molecule has 0 saturated carbocycles. The molecule has 5 nitrogen and oxygen atoms in total. The minimum Gasteiger partial charge on any atom is -0.455 e. The van der Waals surface area contributed by atoms with Gasteiger partial charge < -0.3 is 9.52 Å². The van der Waals surface area contributed by atoms with Crippen LogP contribution >= 0.6 is 23.2 Å². The number of nitrogens with one attached hydrogen (secondary N) is 1.